The average Bonchev–Trinajstić information content (AvgIpc) is 2.45. The van der Waals surface area contributed by atoms with Crippen LogP contribution < -0.4 is 0 Å². The molecule has 0 saturated carbocycles. The Hall–Kier alpha value is -0.900. The molecule has 2 rings (SSSR count). The fourth-order valence-electron chi connectivity index (χ4n) is 3.17. The molecule has 118 valence electrons. The highest BCUT2D eigenvalue weighted by Crippen LogP contribution is 2.21. The van der Waals surface area contributed by atoms with Crippen molar-refractivity contribution in [3.8, 4) is 0 Å². The van der Waals surface area contributed by atoms with Gasteiger partial charge in [0, 0.05) is 26.3 Å². The summed E-state index contributed by atoms with van der Waals surface area (Å²) in [4.78, 5) is 2.35. The number of hydrogen-bond donors (Lipinski definition) is 1. The molecule has 0 amide bonds. The zero-order valence-electron chi connectivity index (χ0n) is 13.6. The predicted molar refractivity (Wildman–Crippen MR) is 86.5 cm³/mol. The second kappa shape index (κ2) is 7.92. The van der Waals surface area contributed by atoms with E-state index in [4.69, 9.17) is 4.74 Å². The van der Waals surface area contributed by atoms with E-state index in [1.165, 1.54) is 24.0 Å². The van der Waals surface area contributed by atoms with Crippen LogP contribution in [0.2, 0.25) is 0 Å². The lowest BCUT2D eigenvalue weighted by atomic mass is 9.99. The highest BCUT2D eigenvalue weighted by molar-refractivity contribution is 5.29. The molecule has 1 aliphatic rings. The van der Waals surface area contributed by atoms with E-state index in [9.17, 15) is 5.11 Å². The van der Waals surface area contributed by atoms with Gasteiger partial charge < -0.3 is 14.7 Å². The number of nitrogens with zero attached hydrogens (tertiary/aromatic N) is 1. The molecule has 1 unspecified atom stereocenters. The van der Waals surface area contributed by atoms with Gasteiger partial charge in [-0.25, -0.2) is 0 Å². The van der Waals surface area contributed by atoms with Gasteiger partial charge in [-0.2, -0.15) is 0 Å². The molecule has 1 aliphatic heterocycles. The lowest BCUT2D eigenvalue weighted by Gasteiger charge is -2.27. The summed E-state index contributed by atoms with van der Waals surface area (Å²) in [7, 11) is 2.16. The number of aryl methyl sites for hydroxylation is 2. The Kier molecular flexibility index (Phi) is 6.22. The molecule has 1 fully saturated rings. The molecule has 3 nitrogen and oxygen atoms in total. The first-order chi connectivity index (χ1) is 10.0. The van der Waals surface area contributed by atoms with Crippen molar-refractivity contribution in [2.75, 3.05) is 33.4 Å². The zero-order chi connectivity index (χ0) is 15.2. The Morgan fingerprint density at radius 2 is 1.81 bits per heavy atom. The zero-order valence-corrected chi connectivity index (χ0v) is 13.6. The van der Waals surface area contributed by atoms with E-state index in [0.717, 1.165) is 44.2 Å². The van der Waals surface area contributed by atoms with Crippen LogP contribution in [0.15, 0.2) is 18.2 Å². The van der Waals surface area contributed by atoms with Gasteiger partial charge in [0.05, 0.1) is 6.10 Å². The normalized spacial score (nSPS) is 18.1. The third-order valence-electron chi connectivity index (χ3n) is 4.32. The Labute approximate surface area is 128 Å². The molecular formula is C18H29NO2. The smallest absolute Gasteiger partial charge is 0.0802 e. The summed E-state index contributed by atoms with van der Waals surface area (Å²) >= 11 is 0. The van der Waals surface area contributed by atoms with E-state index in [2.05, 4.69) is 44.0 Å². The number of aliphatic hydroxyl groups excluding tert-OH is 1. The number of benzene rings is 1. The topological polar surface area (TPSA) is 32.7 Å². The van der Waals surface area contributed by atoms with Gasteiger partial charge in [-0.1, -0.05) is 29.3 Å². The Morgan fingerprint density at radius 3 is 2.43 bits per heavy atom. The van der Waals surface area contributed by atoms with Gasteiger partial charge in [0.2, 0.25) is 0 Å². The fraction of sp³-hybridized carbons (Fsp3) is 0.667. The molecule has 0 spiro atoms. The summed E-state index contributed by atoms with van der Waals surface area (Å²) in [5.41, 5.74) is 3.49. The van der Waals surface area contributed by atoms with Crippen molar-refractivity contribution >= 4 is 0 Å². The van der Waals surface area contributed by atoms with Crippen molar-refractivity contribution in [2.45, 2.75) is 39.2 Å². The maximum atomic E-state index is 10.4. The summed E-state index contributed by atoms with van der Waals surface area (Å²) in [6.07, 6.45) is 2.78. The van der Waals surface area contributed by atoms with Gasteiger partial charge in [0.15, 0.2) is 0 Å². The lowest BCUT2D eigenvalue weighted by molar-refractivity contribution is 0.0534. The van der Waals surface area contributed by atoms with Crippen molar-refractivity contribution in [3.63, 3.8) is 0 Å². The number of rotatable bonds is 6. The van der Waals surface area contributed by atoms with Crippen LogP contribution in [0.4, 0.5) is 0 Å². The minimum absolute atomic E-state index is 0.360. The van der Waals surface area contributed by atoms with Crippen molar-refractivity contribution in [1.29, 1.82) is 0 Å². The monoisotopic (exact) mass is 291 g/mol. The van der Waals surface area contributed by atoms with Crippen LogP contribution in [0.5, 0.6) is 0 Å². The van der Waals surface area contributed by atoms with Crippen molar-refractivity contribution in [3.05, 3.63) is 34.9 Å². The minimum Gasteiger partial charge on any atom is -0.388 e. The summed E-state index contributed by atoms with van der Waals surface area (Å²) in [6, 6.07) is 6.33. The van der Waals surface area contributed by atoms with E-state index in [0.29, 0.717) is 0 Å². The quantitative estimate of drug-likeness (QED) is 0.874. The molecule has 1 atom stereocenters. The van der Waals surface area contributed by atoms with E-state index in [1.54, 1.807) is 0 Å². The maximum Gasteiger partial charge on any atom is 0.0802 e. The summed E-state index contributed by atoms with van der Waals surface area (Å²) in [5, 5.41) is 10.4. The second-order valence-electron chi connectivity index (χ2n) is 6.54. The highest BCUT2D eigenvalue weighted by atomic mass is 16.5. The van der Waals surface area contributed by atoms with Crippen LogP contribution in [-0.4, -0.2) is 43.4 Å². The van der Waals surface area contributed by atoms with Crippen LogP contribution in [0, 0.1) is 19.8 Å². The summed E-state index contributed by atoms with van der Waals surface area (Å²) in [6.45, 7) is 8.03. The number of hydrogen-bond acceptors (Lipinski definition) is 3. The van der Waals surface area contributed by atoms with Crippen LogP contribution >= 0.6 is 0 Å². The van der Waals surface area contributed by atoms with Gasteiger partial charge in [-0.05, 0) is 51.6 Å². The largest absolute Gasteiger partial charge is 0.388 e. The first-order valence-corrected chi connectivity index (χ1v) is 8.07. The van der Waals surface area contributed by atoms with E-state index < -0.39 is 0 Å². The summed E-state index contributed by atoms with van der Waals surface area (Å²) < 4.78 is 5.40. The molecule has 1 aromatic carbocycles. The van der Waals surface area contributed by atoms with Gasteiger partial charge in [-0.15, -0.1) is 0 Å². The molecule has 1 aromatic rings. The Balaban J connectivity index is 1.78. The standard InChI is InChI=1S/C18H29NO2/c1-14-10-15(2)12-17(11-14)18(20)4-7-19(3)13-16-5-8-21-9-6-16/h10-12,16,18,20H,4-9,13H2,1-3H3. The highest BCUT2D eigenvalue weighted by Gasteiger charge is 2.16. The van der Waals surface area contributed by atoms with Gasteiger partial charge >= 0.3 is 0 Å². The molecule has 1 heterocycles. The third kappa shape index (κ3) is 5.42. The van der Waals surface area contributed by atoms with Crippen molar-refractivity contribution in [1.82, 2.24) is 4.90 Å². The first-order valence-electron chi connectivity index (χ1n) is 8.07. The maximum absolute atomic E-state index is 10.4. The number of ether oxygens (including phenoxy) is 1. The van der Waals surface area contributed by atoms with Crippen LogP contribution in [-0.2, 0) is 4.74 Å². The molecular weight excluding hydrogens is 262 g/mol. The molecule has 1 saturated heterocycles. The van der Waals surface area contributed by atoms with Crippen LogP contribution in [0.1, 0.15) is 42.1 Å². The SMILES string of the molecule is Cc1cc(C)cc(C(O)CCN(C)CC2CCOCC2)c1. The predicted octanol–water partition coefficient (Wildman–Crippen LogP) is 3.09. The Morgan fingerprint density at radius 1 is 1.19 bits per heavy atom. The second-order valence-corrected chi connectivity index (χ2v) is 6.54. The van der Waals surface area contributed by atoms with Gasteiger partial charge in [-0.3, -0.25) is 0 Å². The van der Waals surface area contributed by atoms with E-state index in [1.807, 2.05) is 0 Å². The molecule has 0 bridgehead atoms. The average molecular weight is 291 g/mol. The molecule has 0 aromatic heterocycles. The van der Waals surface area contributed by atoms with Crippen LogP contribution in [0.3, 0.4) is 0 Å². The first kappa shape index (κ1) is 16.5. The molecule has 0 aliphatic carbocycles. The van der Waals surface area contributed by atoms with Gasteiger partial charge in [0.1, 0.15) is 0 Å². The lowest BCUT2D eigenvalue weighted by Crippen LogP contribution is -2.30. The fourth-order valence-corrected chi connectivity index (χ4v) is 3.17. The van der Waals surface area contributed by atoms with Crippen LogP contribution in [0.25, 0.3) is 0 Å². The van der Waals surface area contributed by atoms with Gasteiger partial charge in [0.25, 0.3) is 0 Å². The molecule has 3 heteroatoms. The molecule has 1 N–H and O–H groups in total. The third-order valence-corrected chi connectivity index (χ3v) is 4.32. The van der Waals surface area contributed by atoms with Crippen molar-refractivity contribution in [2.24, 2.45) is 5.92 Å². The van der Waals surface area contributed by atoms with E-state index in [-0.39, 0.29) is 6.10 Å². The van der Waals surface area contributed by atoms with Crippen molar-refractivity contribution < 1.29 is 9.84 Å². The molecule has 21 heavy (non-hydrogen) atoms. The molecule has 0 radical (unpaired) electrons. The Bertz CT molecular complexity index is 421. The van der Waals surface area contributed by atoms with E-state index >= 15 is 0 Å². The number of aliphatic hydroxyl groups is 1. The minimum atomic E-state index is -0.360. The summed E-state index contributed by atoms with van der Waals surface area (Å²) in [5.74, 6) is 0.752.